The summed E-state index contributed by atoms with van der Waals surface area (Å²) in [6.07, 6.45) is 0. The van der Waals surface area contributed by atoms with Crippen LogP contribution in [0.4, 0.5) is 0 Å². The predicted molar refractivity (Wildman–Crippen MR) is 47.6 cm³/mol. The van der Waals surface area contributed by atoms with Crippen molar-refractivity contribution >= 4 is 11.7 Å². The quantitative estimate of drug-likeness (QED) is 0.294. The molecule has 13 heavy (non-hydrogen) atoms. The fourth-order valence-electron chi connectivity index (χ4n) is 0.876. The van der Waals surface area contributed by atoms with E-state index in [1.807, 2.05) is 0 Å². The van der Waals surface area contributed by atoms with Crippen LogP contribution in [0.15, 0.2) is 30.3 Å². The van der Waals surface area contributed by atoms with E-state index in [2.05, 4.69) is 0 Å². The van der Waals surface area contributed by atoms with Crippen molar-refractivity contribution in [3.63, 3.8) is 0 Å². The Morgan fingerprint density at radius 3 is 2.38 bits per heavy atom. The Morgan fingerprint density at radius 1 is 1.38 bits per heavy atom. The topological polar surface area (TPSA) is 64.4 Å². The molecule has 0 aliphatic carbocycles. The third kappa shape index (κ3) is 2.13. The molecule has 0 unspecified atom stereocenters. The summed E-state index contributed by atoms with van der Waals surface area (Å²) in [5.41, 5.74) is 0.500. The van der Waals surface area contributed by atoms with Crippen molar-refractivity contribution in [3.05, 3.63) is 35.9 Å². The minimum absolute atomic E-state index is 0.215. The monoisotopic (exact) mass is 178 g/mol. The molecule has 68 valence electrons. The number of amidine groups is 1. The molecule has 4 heteroatoms. The highest BCUT2D eigenvalue weighted by Gasteiger charge is 2.12. The van der Waals surface area contributed by atoms with Crippen LogP contribution in [0.5, 0.6) is 0 Å². The van der Waals surface area contributed by atoms with Gasteiger partial charge in [-0.1, -0.05) is 30.3 Å². The zero-order valence-corrected chi connectivity index (χ0v) is 7.19. The molecular weight excluding hydrogens is 168 g/mol. The zero-order valence-electron chi connectivity index (χ0n) is 7.19. The molecular formula is C9H10N2O2. The van der Waals surface area contributed by atoms with Gasteiger partial charge in [0, 0.05) is 12.5 Å². The Morgan fingerprint density at radius 2 is 1.92 bits per heavy atom. The van der Waals surface area contributed by atoms with Gasteiger partial charge in [-0.05, 0) is 0 Å². The van der Waals surface area contributed by atoms with Gasteiger partial charge in [0.2, 0.25) is 5.91 Å². The maximum Gasteiger partial charge on any atom is 0.249 e. The van der Waals surface area contributed by atoms with Gasteiger partial charge in [-0.25, -0.2) is 0 Å². The molecule has 0 aromatic heterocycles. The molecule has 0 fully saturated rings. The lowest BCUT2D eigenvalue weighted by molar-refractivity contribution is -0.146. The first-order chi connectivity index (χ1) is 6.13. The van der Waals surface area contributed by atoms with Crippen molar-refractivity contribution in [2.75, 3.05) is 0 Å². The van der Waals surface area contributed by atoms with Gasteiger partial charge in [-0.15, -0.1) is 0 Å². The SMILES string of the molecule is CC(=O)N(O)C(=N)c1ccccc1. The molecule has 1 amide bonds. The molecule has 0 heterocycles. The number of hydroxylamine groups is 2. The van der Waals surface area contributed by atoms with Gasteiger partial charge in [0.1, 0.15) is 0 Å². The van der Waals surface area contributed by atoms with Crippen LogP contribution >= 0.6 is 0 Å². The molecule has 0 spiro atoms. The molecule has 1 aromatic rings. The molecule has 0 atom stereocenters. The molecule has 0 bridgehead atoms. The minimum Gasteiger partial charge on any atom is -0.282 e. The fraction of sp³-hybridized carbons (Fsp3) is 0.111. The summed E-state index contributed by atoms with van der Waals surface area (Å²) >= 11 is 0. The highest BCUT2D eigenvalue weighted by molar-refractivity contribution is 6.04. The van der Waals surface area contributed by atoms with Gasteiger partial charge in [-0.2, -0.15) is 5.06 Å². The highest BCUT2D eigenvalue weighted by atomic mass is 16.5. The van der Waals surface area contributed by atoms with Crippen molar-refractivity contribution in [1.29, 1.82) is 5.41 Å². The lowest BCUT2D eigenvalue weighted by atomic mass is 10.2. The minimum atomic E-state index is -0.575. The maximum absolute atomic E-state index is 10.7. The number of carbonyl (C=O) groups excluding carboxylic acids is 1. The Bertz CT molecular complexity index is 322. The van der Waals surface area contributed by atoms with Gasteiger partial charge in [0.25, 0.3) is 0 Å². The normalized spacial score (nSPS) is 9.38. The third-order valence-electron chi connectivity index (χ3n) is 1.56. The van der Waals surface area contributed by atoms with Gasteiger partial charge in [-0.3, -0.25) is 15.4 Å². The molecule has 1 aromatic carbocycles. The van der Waals surface area contributed by atoms with Gasteiger partial charge < -0.3 is 0 Å². The Kier molecular flexibility index (Phi) is 2.76. The second-order valence-corrected chi connectivity index (χ2v) is 2.55. The van der Waals surface area contributed by atoms with Gasteiger partial charge in [0.15, 0.2) is 5.84 Å². The molecule has 1 rings (SSSR count). The summed E-state index contributed by atoms with van der Waals surface area (Å²) in [6, 6.07) is 8.56. The first kappa shape index (κ1) is 9.41. The number of amides is 1. The van der Waals surface area contributed by atoms with Gasteiger partial charge >= 0.3 is 0 Å². The maximum atomic E-state index is 10.7. The summed E-state index contributed by atoms with van der Waals surface area (Å²) in [4.78, 5) is 10.7. The molecule has 0 radical (unpaired) electrons. The van der Waals surface area contributed by atoms with E-state index in [-0.39, 0.29) is 5.84 Å². The number of rotatable bonds is 1. The molecule has 0 aliphatic heterocycles. The molecule has 0 saturated heterocycles. The van der Waals surface area contributed by atoms with Crippen LogP contribution in [0.3, 0.4) is 0 Å². The number of hydrogen-bond acceptors (Lipinski definition) is 3. The average Bonchev–Trinajstić information content (AvgIpc) is 2.17. The molecule has 0 aliphatic rings. The zero-order chi connectivity index (χ0) is 9.84. The van der Waals surface area contributed by atoms with E-state index < -0.39 is 5.91 Å². The van der Waals surface area contributed by atoms with E-state index in [1.54, 1.807) is 30.3 Å². The number of hydrogen-bond donors (Lipinski definition) is 2. The number of benzene rings is 1. The Balaban J connectivity index is 2.86. The van der Waals surface area contributed by atoms with Crippen molar-refractivity contribution in [2.24, 2.45) is 0 Å². The standard InChI is InChI=1S/C9H10N2O2/c1-7(12)11(13)9(10)8-5-3-2-4-6-8/h2-6,10,13H,1H3. The summed E-state index contributed by atoms with van der Waals surface area (Å²) in [6.45, 7) is 1.19. The molecule has 2 N–H and O–H groups in total. The fourth-order valence-corrected chi connectivity index (χ4v) is 0.876. The Labute approximate surface area is 75.9 Å². The van der Waals surface area contributed by atoms with Crippen LogP contribution in [-0.2, 0) is 4.79 Å². The van der Waals surface area contributed by atoms with Crippen LogP contribution in [0, 0.1) is 5.41 Å². The lowest BCUT2D eigenvalue weighted by Gasteiger charge is -2.12. The first-order valence-electron chi connectivity index (χ1n) is 3.76. The summed E-state index contributed by atoms with van der Waals surface area (Å²) in [5.74, 6) is -0.790. The third-order valence-corrected chi connectivity index (χ3v) is 1.56. The highest BCUT2D eigenvalue weighted by Crippen LogP contribution is 2.02. The largest absolute Gasteiger partial charge is 0.282 e. The number of carbonyl (C=O) groups is 1. The van der Waals surface area contributed by atoms with Gasteiger partial charge in [0.05, 0.1) is 0 Å². The molecule has 4 nitrogen and oxygen atoms in total. The smallest absolute Gasteiger partial charge is 0.249 e. The summed E-state index contributed by atoms with van der Waals surface area (Å²) < 4.78 is 0. The van der Waals surface area contributed by atoms with Crippen molar-refractivity contribution in [1.82, 2.24) is 5.06 Å². The van der Waals surface area contributed by atoms with Crippen LogP contribution < -0.4 is 0 Å². The van der Waals surface area contributed by atoms with Crippen LogP contribution in [0.2, 0.25) is 0 Å². The van der Waals surface area contributed by atoms with Crippen LogP contribution in [0.1, 0.15) is 12.5 Å². The second kappa shape index (κ2) is 3.82. The predicted octanol–water partition coefficient (Wildman–Crippen LogP) is 1.25. The van der Waals surface area contributed by atoms with Crippen LogP contribution in [0.25, 0.3) is 0 Å². The van der Waals surface area contributed by atoms with E-state index in [1.165, 1.54) is 6.92 Å². The van der Waals surface area contributed by atoms with Crippen molar-refractivity contribution in [2.45, 2.75) is 6.92 Å². The van der Waals surface area contributed by atoms with Crippen molar-refractivity contribution in [3.8, 4) is 0 Å². The van der Waals surface area contributed by atoms with E-state index in [0.29, 0.717) is 10.6 Å². The van der Waals surface area contributed by atoms with Crippen LogP contribution in [-0.4, -0.2) is 22.0 Å². The van der Waals surface area contributed by atoms with E-state index >= 15 is 0 Å². The van der Waals surface area contributed by atoms with Crippen molar-refractivity contribution < 1.29 is 10.0 Å². The summed E-state index contributed by atoms with van der Waals surface area (Å²) in [7, 11) is 0. The number of nitrogens with zero attached hydrogens (tertiary/aromatic N) is 1. The van der Waals surface area contributed by atoms with E-state index in [0.717, 1.165) is 0 Å². The second-order valence-electron chi connectivity index (χ2n) is 2.55. The summed E-state index contributed by atoms with van der Waals surface area (Å²) in [5, 5.41) is 16.8. The van der Waals surface area contributed by atoms with E-state index in [4.69, 9.17) is 10.6 Å². The number of nitrogens with one attached hydrogen (secondary N) is 1. The van der Waals surface area contributed by atoms with E-state index in [9.17, 15) is 4.79 Å². The Hall–Kier alpha value is -1.68. The molecule has 0 saturated carbocycles. The first-order valence-corrected chi connectivity index (χ1v) is 3.76. The average molecular weight is 178 g/mol. The lowest BCUT2D eigenvalue weighted by Crippen LogP contribution is -2.31.